The standard InChI is InChI=1S/C17H13Cl2IN6O2/c1-8-5-9(18)6-10(16(27)24-21)14(8)23-17(28)12-7-13(20)25-26(12)15-11(19)3-2-4-22-15/h2-7H,21H2,1H3,(H,23,28)(H,24,27). The Morgan fingerprint density at radius 3 is 2.64 bits per heavy atom. The van der Waals surface area contributed by atoms with Crippen molar-refractivity contribution in [2.75, 3.05) is 5.32 Å². The zero-order valence-electron chi connectivity index (χ0n) is 14.3. The number of carbonyl (C=O) groups excluding carboxylic acids is 2. The lowest BCUT2D eigenvalue weighted by molar-refractivity contribution is 0.0954. The number of hydrogen-bond donors (Lipinski definition) is 3. The average Bonchev–Trinajstić information content (AvgIpc) is 3.05. The number of rotatable bonds is 4. The first-order valence-corrected chi connectivity index (χ1v) is 9.64. The molecule has 11 heteroatoms. The van der Waals surface area contributed by atoms with Crippen LogP contribution in [-0.2, 0) is 0 Å². The number of nitrogens with one attached hydrogen (secondary N) is 2. The van der Waals surface area contributed by atoms with Crippen molar-refractivity contribution in [3.05, 3.63) is 67.1 Å². The third kappa shape index (κ3) is 4.12. The van der Waals surface area contributed by atoms with Gasteiger partial charge in [-0.05, 0) is 59.3 Å². The van der Waals surface area contributed by atoms with Crippen LogP contribution in [0, 0.1) is 10.6 Å². The molecule has 2 amide bonds. The number of nitrogens with zero attached hydrogens (tertiary/aromatic N) is 3. The number of hydrogen-bond acceptors (Lipinski definition) is 5. The summed E-state index contributed by atoms with van der Waals surface area (Å²) in [6.45, 7) is 1.71. The summed E-state index contributed by atoms with van der Waals surface area (Å²) in [6.07, 6.45) is 1.55. The van der Waals surface area contributed by atoms with Crippen molar-refractivity contribution in [3.63, 3.8) is 0 Å². The Balaban J connectivity index is 2.05. The molecule has 3 aromatic rings. The second-order valence-electron chi connectivity index (χ2n) is 5.65. The number of pyridine rings is 1. The van der Waals surface area contributed by atoms with Crippen molar-refractivity contribution in [3.8, 4) is 5.82 Å². The van der Waals surface area contributed by atoms with Gasteiger partial charge in [0.15, 0.2) is 5.82 Å². The summed E-state index contributed by atoms with van der Waals surface area (Å²) < 4.78 is 1.91. The summed E-state index contributed by atoms with van der Waals surface area (Å²) in [7, 11) is 0. The highest BCUT2D eigenvalue weighted by Crippen LogP contribution is 2.27. The molecule has 0 spiro atoms. The Morgan fingerprint density at radius 2 is 1.96 bits per heavy atom. The molecule has 0 bridgehead atoms. The van der Waals surface area contributed by atoms with E-state index in [4.69, 9.17) is 29.0 Å². The summed E-state index contributed by atoms with van der Waals surface area (Å²) in [5.74, 6) is 4.46. The van der Waals surface area contributed by atoms with Gasteiger partial charge in [-0.1, -0.05) is 23.2 Å². The first-order chi connectivity index (χ1) is 13.3. The molecular weight excluding hydrogens is 518 g/mol. The molecule has 2 heterocycles. The summed E-state index contributed by atoms with van der Waals surface area (Å²) in [6, 6.07) is 7.95. The number of carbonyl (C=O) groups is 2. The van der Waals surface area contributed by atoms with Crippen LogP contribution in [-0.4, -0.2) is 26.6 Å². The molecule has 0 aliphatic rings. The van der Waals surface area contributed by atoms with Crippen LogP contribution in [0.1, 0.15) is 26.4 Å². The zero-order valence-corrected chi connectivity index (χ0v) is 18.0. The van der Waals surface area contributed by atoms with Crippen LogP contribution in [0.4, 0.5) is 5.69 Å². The van der Waals surface area contributed by atoms with Gasteiger partial charge in [-0.3, -0.25) is 15.0 Å². The highest BCUT2D eigenvalue weighted by atomic mass is 127. The van der Waals surface area contributed by atoms with Gasteiger partial charge in [0.05, 0.1) is 16.3 Å². The Bertz CT molecular complexity index is 1090. The smallest absolute Gasteiger partial charge is 0.274 e. The molecule has 0 unspecified atom stereocenters. The molecular formula is C17H13Cl2IN6O2. The largest absolute Gasteiger partial charge is 0.320 e. The Labute approximate surface area is 183 Å². The maximum absolute atomic E-state index is 13.0. The first kappa shape index (κ1) is 20.5. The van der Waals surface area contributed by atoms with Gasteiger partial charge in [0.25, 0.3) is 11.8 Å². The highest BCUT2D eigenvalue weighted by Gasteiger charge is 2.22. The topological polar surface area (TPSA) is 115 Å². The Hall–Kier alpha value is -2.21. The quantitative estimate of drug-likeness (QED) is 0.207. The number of hydrazine groups is 1. The number of halogens is 3. The fourth-order valence-corrected chi connectivity index (χ4v) is 3.54. The number of nitrogens with two attached hydrogens (primary N) is 1. The minimum atomic E-state index is -0.586. The predicted molar refractivity (Wildman–Crippen MR) is 115 cm³/mol. The number of nitrogen functional groups attached to an aromatic ring is 1. The molecule has 8 nitrogen and oxygen atoms in total. The summed E-state index contributed by atoms with van der Waals surface area (Å²) in [5, 5.41) is 7.70. The van der Waals surface area contributed by atoms with Crippen molar-refractivity contribution in [1.29, 1.82) is 0 Å². The van der Waals surface area contributed by atoms with Crippen LogP contribution in [0.3, 0.4) is 0 Å². The van der Waals surface area contributed by atoms with Gasteiger partial charge in [-0.15, -0.1) is 0 Å². The van der Waals surface area contributed by atoms with E-state index in [1.165, 1.54) is 10.7 Å². The van der Waals surface area contributed by atoms with Crippen LogP contribution >= 0.6 is 45.8 Å². The van der Waals surface area contributed by atoms with Crippen LogP contribution in [0.15, 0.2) is 36.5 Å². The van der Waals surface area contributed by atoms with Crippen LogP contribution in [0.2, 0.25) is 10.0 Å². The minimum Gasteiger partial charge on any atom is -0.320 e. The monoisotopic (exact) mass is 530 g/mol. The van der Waals surface area contributed by atoms with Crippen molar-refractivity contribution >= 4 is 63.3 Å². The molecule has 28 heavy (non-hydrogen) atoms. The molecule has 0 saturated heterocycles. The van der Waals surface area contributed by atoms with Crippen molar-refractivity contribution in [2.45, 2.75) is 6.92 Å². The number of benzene rings is 1. The van der Waals surface area contributed by atoms with Gasteiger partial charge in [-0.25, -0.2) is 15.5 Å². The second kappa shape index (κ2) is 8.43. The van der Waals surface area contributed by atoms with E-state index in [9.17, 15) is 9.59 Å². The van der Waals surface area contributed by atoms with E-state index in [0.717, 1.165) is 0 Å². The van der Waals surface area contributed by atoms with E-state index in [1.54, 1.807) is 37.4 Å². The van der Waals surface area contributed by atoms with Gasteiger partial charge >= 0.3 is 0 Å². The van der Waals surface area contributed by atoms with E-state index in [-0.39, 0.29) is 16.9 Å². The highest BCUT2D eigenvalue weighted by molar-refractivity contribution is 14.1. The van der Waals surface area contributed by atoms with Crippen molar-refractivity contribution in [1.82, 2.24) is 20.2 Å². The van der Waals surface area contributed by atoms with E-state index in [0.29, 0.717) is 25.1 Å². The van der Waals surface area contributed by atoms with Gasteiger partial charge in [0.1, 0.15) is 9.39 Å². The SMILES string of the molecule is Cc1cc(Cl)cc(C(=O)NN)c1NC(=O)c1cc(I)nn1-c1ncccc1Cl. The fourth-order valence-electron chi connectivity index (χ4n) is 2.55. The van der Waals surface area contributed by atoms with E-state index in [1.807, 2.05) is 28.0 Å². The lowest BCUT2D eigenvalue weighted by Crippen LogP contribution is -2.31. The first-order valence-electron chi connectivity index (χ1n) is 7.80. The average molecular weight is 531 g/mol. The molecule has 0 aliphatic heterocycles. The molecule has 0 fully saturated rings. The van der Waals surface area contributed by atoms with Gasteiger partial charge in [0, 0.05) is 17.3 Å². The summed E-state index contributed by atoms with van der Waals surface area (Å²) >= 11 is 14.2. The van der Waals surface area contributed by atoms with E-state index < -0.39 is 11.8 Å². The van der Waals surface area contributed by atoms with Gasteiger partial charge < -0.3 is 5.32 Å². The second-order valence-corrected chi connectivity index (χ2v) is 7.59. The number of amides is 2. The molecule has 0 aliphatic carbocycles. The zero-order chi connectivity index (χ0) is 20.4. The third-order valence-corrected chi connectivity index (χ3v) is 4.81. The lowest BCUT2D eigenvalue weighted by Gasteiger charge is -2.14. The molecule has 2 aromatic heterocycles. The molecule has 0 saturated carbocycles. The van der Waals surface area contributed by atoms with Gasteiger partial charge in [-0.2, -0.15) is 5.10 Å². The molecule has 4 N–H and O–H groups in total. The predicted octanol–water partition coefficient (Wildman–Crippen LogP) is 3.34. The molecule has 1 aromatic carbocycles. The molecule has 0 radical (unpaired) electrons. The van der Waals surface area contributed by atoms with E-state index >= 15 is 0 Å². The molecule has 144 valence electrons. The van der Waals surface area contributed by atoms with Crippen LogP contribution < -0.4 is 16.6 Å². The van der Waals surface area contributed by atoms with E-state index in [2.05, 4.69) is 15.4 Å². The maximum atomic E-state index is 13.0. The number of aromatic nitrogens is 3. The van der Waals surface area contributed by atoms with Crippen molar-refractivity contribution < 1.29 is 9.59 Å². The summed E-state index contributed by atoms with van der Waals surface area (Å²) in [5.41, 5.74) is 3.25. The third-order valence-electron chi connectivity index (χ3n) is 3.77. The summed E-state index contributed by atoms with van der Waals surface area (Å²) in [4.78, 5) is 29.3. The lowest BCUT2D eigenvalue weighted by atomic mass is 10.1. The number of anilines is 1. The van der Waals surface area contributed by atoms with Crippen molar-refractivity contribution in [2.24, 2.45) is 5.84 Å². The Kier molecular flexibility index (Phi) is 6.18. The number of aryl methyl sites for hydroxylation is 1. The normalized spacial score (nSPS) is 10.6. The minimum absolute atomic E-state index is 0.137. The van der Waals surface area contributed by atoms with Crippen LogP contribution in [0.25, 0.3) is 5.82 Å². The maximum Gasteiger partial charge on any atom is 0.274 e. The van der Waals surface area contributed by atoms with Gasteiger partial charge in [0.2, 0.25) is 0 Å². The fraction of sp³-hybridized carbons (Fsp3) is 0.0588. The van der Waals surface area contributed by atoms with Crippen LogP contribution in [0.5, 0.6) is 0 Å². The Morgan fingerprint density at radius 1 is 1.21 bits per heavy atom. The molecule has 0 atom stereocenters. The molecule has 3 rings (SSSR count).